The number of carbonyl (C=O) groups is 3. The Bertz CT molecular complexity index is 616. The van der Waals surface area contributed by atoms with Crippen LogP contribution in [0.3, 0.4) is 0 Å². The van der Waals surface area contributed by atoms with Crippen LogP contribution in [0.4, 0.5) is 5.69 Å². The molecule has 1 aromatic carbocycles. The molecule has 1 saturated carbocycles. The van der Waals surface area contributed by atoms with Crippen molar-refractivity contribution in [1.29, 1.82) is 0 Å². The maximum absolute atomic E-state index is 12.3. The van der Waals surface area contributed by atoms with Crippen LogP contribution in [0, 0.1) is 11.8 Å². The predicted molar refractivity (Wildman–Crippen MR) is 80.1 cm³/mol. The minimum absolute atomic E-state index is 0.00173. The number of aliphatic carboxylic acids is 1. The molecular formula is C15H16ClNO5. The molecule has 0 saturated heterocycles. The molecule has 1 aliphatic carbocycles. The van der Waals surface area contributed by atoms with Crippen molar-refractivity contribution in [3.05, 3.63) is 28.8 Å². The van der Waals surface area contributed by atoms with Crippen molar-refractivity contribution in [2.45, 2.75) is 25.7 Å². The molecule has 0 heterocycles. The van der Waals surface area contributed by atoms with E-state index in [4.69, 9.17) is 16.7 Å². The van der Waals surface area contributed by atoms with Crippen molar-refractivity contribution in [1.82, 2.24) is 0 Å². The van der Waals surface area contributed by atoms with Crippen LogP contribution < -0.4 is 5.32 Å². The maximum atomic E-state index is 12.3. The maximum Gasteiger partial charge on any atom is 0.335 e. The number of nitrogens with one attached hydrogen (secondary N) is 1. The fourth-order valence-electron chi connectivity index (χ4n) is 2.72. The summed E-state index contributed by atoms with van der Waals surface area (Å²) in [7, 11) is 0. The topological polar surface area (TPSA) is 104 Å². The van der Waals surface area contributed by atoms with E-state index in [2.05, 4.69) is 5.32 Å². The summed E-state index contributed by atoms with van der Waals surface area (Å²) in [5.74, 6) is -3.89. The van der Waals surface area contributed by atoms with Crippen LogP contribution in [0.2, 0.25) is 5.02 Å². The van der Waals surface area contributed by atoms with Gasteiger partial charge in [-0.1, -0.05) is 24.4 Å². The zero-order chi connectivity index (χ0) is 16.3. The summed E-state index contributed by atoms with van der Waals surface area (Å²) < 4.78 is 0. The number of hydrogen-bond donors (Lipinski definition) is 3. The third kappa shape index (κ3) is 3.57. The molecule has 0 aliphatic heterocycles. The Kier molecular flexibility index (Phi) is 5.03. The van der Waals surface area contributed by atoms with Crippen LogP contribution in [0.15, 0.2) is 18.2 Å². The van der Waals surface area contributed by atoms with Crippen molar-refractivity contribution in [3.63, 3.8) is 0 Å². The average molecular weight is 326 g/mol. The fraction of sp³-hybridized carbons (Fsp3) is 0.400. The standard InChI is InChI=1S/C15H16ClNO5/c16-11-6-5-8(14(19)20)7-12(11)17-13(18)9-3-1-2-4-10(9)15(21)22/h5-7,9-10H,1-4H2,(H,17,18)(H,19,20)(H,21,22)/t9-,10+/m1/s1. The Morgan fingerprint density at radius 1 is 1.09 bits per heavy atom. The predicted octanol–water partition coefficient (Wildman–Crippen LogP) is 2.87. The number of rotatable bonds is 4. The molecule has 2 rings (SSSR count). The smallest absolute Gasteiger partial charge is 0.335 e. The van der Waals surface area contributed by atoms with Gasteiger partial charge in [0, 0.05) is 0 Å². The normalized spacial score (nSPS) is 21.1. The van der Waals surface area contributed by atoms with E-state index >= 15 is 0 Å². The minimum atomic E-state index is -1.13. The molecule has 1 fully saturated rings. The van der Waals surface area contributed by atoms with Crippen LogP contribution in [0.25, 0.3) is 0 Å². The largest absolute Gasteiger partial charge is 0.481 e. The number of halogens is 1. The molecule has 0 spiro atoms. The van der Waals surface area contributed by atoms with Crippen molar-refractivity contribution in [3.8, 4) is 0 Å². The van der Waals surface area contributed by atoms with Gasteiger partial charge in [0.15, 0.2) is 0 Å². The van der Waals surface area contributed by atoms with Crippen molar-refractivity contribution in [2.75, 3.05) is 5.32 Å². The van der Waals surface area contributed by atoms with Gasteiger partial charge in [0.05, 0.1) is 28.1 Å². The highest BCUT2D eigenvalue weighted by molar-refractivity contribution is 6.33. The van der Waals surface area contributed by atoms with Crippen LogP contribution in [0.5, 0.6) is 0 Å². The van der Waals surface area contributed by atoms with E-state index in [1.165, 1.54) is 18.2 Å². The van der Waals surface area contributed by atoms with Gasteiger partial charge in [-0.05, 0) is 31.0 Å². The summed E-state index contributed by atoms with van der Waals surface area (Å²) in [5, 5.41) is 20.9. The number of carboxylic acids is 2. The summed E-state index contributed by atoms with van der Waals surface area (Å²) >= 11 is 5.96. The van der Waals surface area contributed by atoms with Crippen LogP contribution in [0.1, 0.15) is 36.0 Å². The van der Waals surface area contributed by atoms with E-state index in [1.54, 1.807) is 0 Å². The number of hydrogen-bond acceptors (Lipinski definition) is 3. The molecule has 3 N–H and O–H groups in total. The number of carboxylic acid groups (broad SMARTS) is 2. The zero-order valence-corrected chi connectivity index (χ0v) is 12.5. The number of benzene rings is 1. The molecule has 1 aromatic rings. The van der Waals surface area contributed by atoms with E-state index in [-0.39, 0.29) is 16.3 Å². The molecular weight excluding hydrogens is 310 g/mol. The first kappa shape index (κ1) is 16.3. The van der Waals surface area contributed by atoms with E-state index < -0.39 is 29.7 Å². The second-order valence-electron chi connectivity index (χ2n) is 5.32. The first-order valence-electron chi connectivity index (χ1n) is 6.96. The molecule has 7 heteroatoms. The van der Waals surface area contributed by atoms with E-state index in [1.807, 2.05) is 0 Å². The number of carbonyl (C=O) groups excluding carboxylic acids is 1. The van der Waals surface area contributed by atoms with Gasteiger partial charge in [-0.25, -0.2) is 4.79 Å². The SMILES string of the molecule is O=C(O)c1ccc(Cl)c(NC(=O)[C@@H]2CCCC[C@@H]2C(=O)O)c1. The van der Waals surface area contributed by atoms with Crippen molar-refractivity contribution >= 4 is 35.1 Å². The Hall–Kier alpha value is -2.08. The van der Waals surface area contributed by atoms with Crippen LogP contribution >= 0.6 is 11.6 Å². The highest BCUT2D eigenvalue weighted by Gasteiger charge is 2.35. The van der Waals surface area contributed by atoms with Gasteiger partial charge in [-0.15, -0.1) is 0 Å². The molecule has 6 nitrogen and oxygen atoms in total. The lowest BCUT2D eigenvalue weighted by atomic mass is 9.78. The number of aromatic carboxylic acids is 1. The van der Waals surface area contributed by atoms with E-state index in [9.17, 15) is 19.5 Å². The third-order valence-corrected chi connectivity index (χ3v) is 4.22. The van der Waals surface area contributed by atoms with E-state index in [0.29, 0.717) is 12.8 Å². The monoisotopic (exact) mass is 325 g/mol. The van der Waals surface area contributed by atoms with Gasteiger partial charge >= 0.3 is 11.9 Å². The first-order chi connectivity index (χ1) is 10.4. The lowest BCUT2D eigenvalue weighted by molar-refractivity contribution is -0.147. The molecule has 0 radical (unpaired) electrons. The van der Waals surface area contributed by atoms with Gasteiger partial charge < -0.3 is 15.5 Å². The summed E-state index contributed by atoms with van der Waals surface area (Å²) in [6.07, 6.45) is 2.55. The molecule has 1 aliphatic rings. The second kappa shape index (κ2) is 6.79. The molecule has 1 amide bonds. The van der Waals surface area contributed by atoms with Gasteiger partial charge in [-0.2, -0.15) is 0 Å². The lowest BCUT2D eigenvalue weighted by Gasteiger charge is -2.27. The zero-order valence-electron chi connectivity index (χ0n) is 11.7. The Labute approximate surface area is 132 Å². The quantitative estimate of drug-likeness (QED) is 0.789. The lowest BCUT2D eigenvalue weighted by Crippen LogP contribution is -2.36. The first-order valence-corrected chi connectivity index (χ1v) is 7.34. The summed E-state index contributed by atoms with van der Waals surface area (Å²) in [6, 6.07) is 3.98. The second-order valence-corrected chi connectivity index (χ2v) is 5.73. The Morgan fingerprint density at radius 3 is 2.32 bits per heavy atom. The molecule has 0 aromatic heterocycles. The number of anilines is 1. The van der Waals surface area contributed by atoms with Gasteiger partial charge in [0.1, 0.15) is 0 Å². The van der Waals surface area contributed by atoms with Gasteiger partial charge in [0.2, 0.25) is 5.91 Å². The van der Waals surface area contributed by atoms with Gasteiger partial charge in [-0.3, -0.25) is 9.59 Å². The molecule has 2 atom stereocenters. The van der Waals surface area contributed by atoms with Crippen LogP contribution in [-0.2, 0) is 9.59 Å². The third-order valence-electron chi connectivity index (χ3n) is 3.89. The minimum Gasteiger partial charge on any atom is -0.481 e. The van der Waals surface area contributed by atoms with Crippen LogP contribution in [-0.4, -0.2) is 28.1 Å². The Morgan fingerprint density at radius 2 is 1.73 bits per heavy atom. The summed E-state index contributed by atoms with van der Waals surface area (Å²) in [4.78, 5) is 34.5. The van der Waals surface area contributed by atoms with Crippen molar-refractivity contribution in [2.24, 2.45) is 11.8 Å². The molecule has 118 valence electrons. The molecule has 0 unspecified atom stereocenters. The average Bonchev–Trinajstić information content (AvgIpc) is 2.49. The highest BCUT2D eigenvalue weighted by atomic mass is 35.5. The summed E-state index contributed by atoms with van der Waals surface area (Å²) in [5.41, 5.74) is 0.180. The fourth-order valence-corrected chi connectivity index (χ4v) is 2.88. The molecule has 0 bridgehead atoms. The number of amides is 1. The molecule has 22 heavy (non-hydrogen) atoms. The van der Waals surface area contributed by atoms with E-state index in [0.717, 1.165) is 12.8 Å². The van der Waals surface area contributed by atoms with Crippen molar-refractivity contribution < 1.29 is 24.6 Å². The highest BCUT2D eigenvalue weighted by Crippen LogP contribution is 2.32. The Balaban J connectivity index is 2.19. The van der Waals surface area contributed by atoms with Gasteiger partial charge in [0.25, 0.3) is 0 Å². The summed E-state index contributed by atoms with van der Waals surface area (Å²) in [6.45, 7) is 0.